The predicted octanol–water partition coefficient (Wildman–Crippen LogP) is -8.40. The van der Waals surface area contributed by atoms with Gasteiger partial charge >= 0.3 is 0 Å². The molecule has 0 aromatic rings. The average Bonchev–Trinajstić information content (AvgIpc) is 3.13. The van der Waals surface area contributed by atoms with Crippen LogP contribution >= 0.6 is 0 Å². The summed E-state index contributed by atoms with van der Waals surface area (Å²) >= 11 is 0. The van der Waals surface area contributed by atoms with Crippen LogP contribution in [0.2, 0.25) is 0 Å². The lowest BCUT2D eigenvalue weighted by atomic mass is 9.81. The lowest BCUT2D eigenvalue weighted by Crippen LogP contribution is -2.66. The van der Waals surface area contributed by atoms with Gasteiger partial charge in [-0.1, -0.05) is 0 Å². The molecule has 0 aromatic carbocycles. The summed E-state index contributed by atoms with van der Waals surface area (Å²) in [6.07, 6.45) is -18.6. The molecule has 2 aliphatic heterocycles. The molecule has 3 aliphatic rings. The van der Waals surface area contributed by atoms with E-state index in [9.17, 15) is 45.7 Å². The molecule has 15 atom stereocenters. The maximum atomic E-state index is 12.0. The van der Waals surface area contributed by atoms with E-state index in [0.29, 0.717) is 0 Å². The van der Waals surface area contributed by atoms with Crippen molar-refractivity contribution < 1.29 is 64.7 Å². The second kappa shape index (κ2) is 12.7. The van der Waals surface area contributed by atoms with E-state index < -0.39 is 110 Å². The summed E-state index contributed by atoms with van der Waals surface area (Å²) < 4.78 is 22.5. The summed E-state index contributed by atoms with van der Waals surface area (Å²) in [6.45, 7) is 0.489. The molecule has 3 fully saturated rings. The molecule has 3 rings (SSSR count). The lowest BCUT2D eigenvalue weighted by molar-refractivity contribution is -0.321. The summed E-state index contributed by atoms with van der Waals surface area (Å²) in [4.78, 5) is 19.6. The number of carbonyl (C=O) groups excluding carboxylic acids is 1. The van der Waals surface area contributed by atoms with Crippen LogP contribution in [0, 0.1) is 0 Å². The number of aldehydes is 1. The van der Waals surface area contributed by atoms with Crippen LogP contribution in [0.3, 0.4) is 0 Å². The number of nitrogens with one attached hydrogen (secondary N) is 1. The third-order valence-corrected chi connectivity index (χ3v) is 7.15. The Hall–Kier alpha value is -2.31. The minimum absolute atomic E-state index is 0.0774. The van der Waals surface area contributed by atoms with Crippen molar-refractivity contribution in [2.45, 2.75) is 98.2 Å². The van der Waals surface area contributed by atoms with Crippen LogP contribution in [0.25, 0.3) is 0 Å². The fourth-order valence-electron chi connectivity index (χ4n) is 4.91. The summed E-state index contributed by atoms with van der Waals surface area (Å²) in [5, 5.41) is 83.0. The lowest BCUT2D eigenvalue weighted by Gasteiger charge is -2.45. The summed E-state index contributed by atoms with van der Waals surface area (Å²) in [5.41, 5.74) is 20.9. The third kappa shape index (κ3) is 5.99. The van der Waals surface area contributed by atoms with Crippen molar-refractivity contribution in [3.63, 3.8) is 0 Å². The maximum Gasteiger partial charge on any atom is 0.188 e. The zero-order valence-corrected chi connectivity index (χ0v) is 21.2. The van der Waals surface area contributed by atoms with Crippen LogP contribution in [0.4, 0.5) is 0 Å². The van der Waals surface area contributed by atoms with Crippen LogP contribution in [0.1, 0.15) is 6.92 Å². The number of ether oxygens (including phenoxy) is 4. The van der Waals surface area contributed by atoms with Crippen LogP contribution in [0.15, 0.2) is 9.98 Å². The number of hydrogen-bond acceptors (Lipinski definition) is 16. The number of hydrogen-bond donors (Lipinski definition) is 13. The largest absolute Gasteiger partial charge is 0.394 e. The molecule has 2 saturated heterocycles. The van der Waals surface area contributed by atoms with Gasteiger partial charge in [-0.2, -0.15) is 5.48 Å². The quantitative estimate of drug-likeness (QED) is 0.0518. The van der Waals surface area contributed by atoms with E-state index in [0.717, 1.165) is 0 Å². The van der Waals surface area contributed by atoms with Gasteiger partial charge < -0.3 is 82.8 Å². The average molecular weight is 584 g/mol. The van der Waals surface area contributed by atoms with Gasteiger partial charge in [-0.3, -0.25) is 4.79 Å². The van der Waals surface area contributed by atoms with Gasteiger partial charge in [0, 0.05) is 0 Å². The Balaban J connectivity index is 1.96. The van der Waals surface area contributed by atoms with E-state index in [1.807, 2.05) is 0 Å². The molecule has 0 unspecified atom stereocenters. The fraction of sp³-hybridized carbons (Fsp3) is 0.850. The van der Waals surface area contributed by atoms with Crippen molar-refractivity contribution >= 4 is 18.2 Å². The van der Waals surface area contributed by atoms with E-state index in [1.165, 1.54) is 6.92 Å². The van der Waals surface area contributed by atoms with Crippen molar-refractivity contribution in [1.82, 2.24) is 5.48 Å². The van der Waals surface area contributed by atoms with Gasteiger partial charge in [-0.05, 0) is 6.92 Å². The molecule has 20 nitrogen and oxygen atoms in total. The second-order valence-corrected chi connectivity index (χ2v) is 9.73. The smallest absolute Gasteiger partial charge is 0.188 e. The Morgan fingerprint density at radius 3 is 2.02 bits per heavy atom. The third-order valence-electron chi connectivity index (χ3n) is 7.15. The number of rotatable bonds is 9. The SMILES string of the molecule is C[C@@H]1O[C@@H](O[C@H]2[C@@H](O)[C@H](O)[C@@H](N=C(N)N)[C@H](O)[C@H]2N=C(N)N)[C@H](O[C@H]2O[C@H](CO)[C@@H](O)[C@H](O)[C@H]2NO)[C@@]1(O)C=O. The first-order valence-electron chi connectivity index (χ1n) is 12.1. The summed E-state index contributed by atoms with van der Waals surface area (Å²) in [5.74, 6) is -1.08. The number of aliphatic hydroxyl groups excluding tert-OH is 6. The molecule has 17 N–H and O–H groups in total. The van der Waals surface area contributed by atoms with Crippen LogP contribution in [0.5, 0.6) is 0 Å². The molecule has 0 radical (unpaired) electrons. The fourth-order valence-corrected chi connectivity index (χ4v) is 4.91. The molecule has 230 valence electrons. The molecule has 0 amide bonds. The number of guanidine groups is 2. The minimum atomic E-state index is -2.47. The van der Waals surface area contributed by atoms with E-state index in [1.54, 1.807) is 5.48 Å². The number of nitrogens with two attached hydrogens (primary N) is 4. The number of carbonyl (C=O) groups is 1. The Kier molecular flexibility index (Phi) is 10.2. The van der Waals surface area contributed by atoms with Gasteiger partial charge in [0.2, 0.25) is 0 Å². The van der Waals surface area contributed by atoms with E-state index in [2.05, 4.69) is 9.98 Å². The van der Waals surface area contributed by atoms with Gasteiger partial charge in [-0.15, -0.1) is 0 Å². The van der Waals surface area contributed by atoms with Crippen molar-refractivity contribution in [2.24, 2.45) is 32.9 Å². The number of aliphatic hydroxyl groups is 7. The van der Waals surface area contributed by atoms with E-state index in [-0.39, 0.29) is 6.29 Å². The maximum absolute atomic E-state index is 12.0. The van der Waals surface area contributed by atoms with Crippen molar-refractivity contribution in [3.8, 4) is 0 Å². The first-order valence-corrected chi connectivity index (χ1v) is 12.1. The van der Waals surface area contributed by atoms with Gasteiger partial charge in [0.1, 0.15) is 67.0 Å². The number of aliphatic imine (C=N–C) groups is 2. The molecular weight excluding hydrogens is 546 g/mol. The van der Waals surface area contributed by atoms with Crippen LogP contribution in [-0.2, 0) is 23.7 Å². The highest BCUT2D eigenvalue weighted by Crippen LogP contribution is 2.38. The molecule has 0 bridgehead atoms. The molecule has 40 heavy (non-hydrogen) atoms. The molecule has 0 aromatic heterocycles. The van der Waals surface area contributed by atoms with Gasteiger partial charge in [0.25, 0.3) is 0 Å². The molecule has 0 spiro atoms. The Bertz CT molecular complexity index is 940. The second-order valence-electron chi connectivity index (χ2n) is 9.73. The van der Waals surface area contributed by atoms with E-state index >= 15 is 0 Å². The zero-order chi connectivity index (χ0) is 30.1. The highest BCUT2D eigenvalue weighted by atomic mass is 16.8. The Morgan fingerprint density at radius 1 is 0.900 bits per heavy atom. The van der Waals surface area contributed by atoms with Gasteiger partial charge in [0.05, 0.1) is 12.7 Å². The first-order chi connectivity index (χ1) is 18.7. The first kappa shape index (κ1) is 32.2. The summed E-state index contributed by atoms with van der Waals surface area (Å²) in [6, 6.07) is -4.59. The van der Waals surface area contributed by atoms with E-state index in [4.69, 9.17) is 41.9 Å². The monoisotopic (exact) mass is 583 g/mol. The molecule has 1 saturated carbocycles. The molecular formula is C20H37N7O13. The Morgan fingerprint density at radius 2 is 1.50 bits per heavy atom. The minimum Gasteiger partial charge on any atom is -0.394 e. The van der Waals surface area contributed by atoms with Crippen LogP contribution < -0.4 is 28.4 Å². The van der Waals surface area contributed by atoms with Crippen molar-refractivity contribution in [3.05, 3.63) is 0 Å². The Labute approximate surface area is 226 Å². The molecule has 1 aliphatic carbocycles. The van der Waals surface area contributed by atoms with Crippen molar-refractivity contribution in [2.75, 3.05) is 6.61 Å². The standard InChI is InChI=1S/C20H37N7O13/c1-4-20(35,3-29)15(40-16-8(27-36)12(33)9(30)5(2-28)38-16)17(37-4)39-14-7(26-19(23)24)10(31)6(25-18(21)22)11(32)13(14)34/h3-17,27-28,30-36H,2H2,1H3,(H4,21,22,25)(H4,23,24,26)/t4-,5+,6-,7+,8+,9+,10-,11+,12+,13-,14+,15-,16+,17-,20+/m0/s1. The topological polar surface area (TPSA) is 357 Å². The van der Waals surface area contributed by atoms with Gasteiger partial charge in [0.15, 0.2) is 36.4 Å². The normalized spacial score (nSPS) is 47.4. The van der Waals surface area contributed by atoms with Gasteiger partial charge in [-0.25, -0.2) is 9.98 Å². The van der Waals surface area contributed by atoms with Crippen LogP contribution in [-0.4, -0.2) is 157 Å². The van der Waals surface area contributed by atoms with Crippen molar-refractivity contribution in [1.29, 1.82) is 0 Å². The predicted molar refractivity (Wildman–Crippen MR) is 129 cm³/mol. The zero-order valence-electron chi connectivity index (χ0n) is 21.2. The highest BCUT2D eigenvalue weighted by Gasteiger charge is 2.61. The number of hydroxylamine groups is 1. The molecule has 2 heterocycles. The summed E-state index contributed by atoms with van der Waals surface area (Å²) in [7, 11) is 0. The number of nitrogens with zero attached hydrogens (tertiary/aromatic N) is 2. The molecule has 20 heteroatoms. The highest BCUT2D eigenvalue weighted by molar-refractivity contribution is 5.76.